The predicted octanol–water partition coefficient (Wildman–Crippen LogP) is 4.60. The summed E-state index contributed by atoms with van der Waals surface area (Å²) in [7, 11) is 0. The first-order valence-corrected chi connectivity index (χ1v) is 12.2. The molecule has 8 heteroatoms. The molecule has 4 heterocycles. The van der Waals surface area contributed by atoms with Crippen LogP contribution in [-0.2, 0) is 0 Å². The molecule has 0 aliphatic carbocycles. The van der Waals surface area contributed by atoms with Gasteiger partial charge in [0.1, 0.15) is 12.4 Å². The van der Waals surface area contributed by atoms with Gasteiger partial charge in [0.05, 0.1) is 17.0 Å². The SMILES string of the molecule is Cc1c(-c2ccc3c(c2)NCCO3)nc(Nc2ccc(N3CCC(C)(O)CC3)cc2)c2nccn12. The Balaban J connectivity index is 1.30. The third kappa shape index (κ3) is 4.14. The number of nitrogens with one attached hydrogen (secondary N) is 2. The zero-order valence-electron chi connectivity index (χ0n) is 20.1. The van der Waals surface area contributed by atoms with Crippen molar-refractivity contribution in [2.45, 2.75) is 32.3 Å². The van der Waals surface area contributed by atoms with Crippen LogP contribution in [-0.4, -0.2) is 51.3 Å². The monoisotopic (exact) mass is 470 g/mol. The summed E-state index contributed by atoms with van der Waals surface area (Å²) in [5.74, 6) is 1.58. The molecule has 2 aliphatic rings. The molecule has 2 aromatic carbocycles. The van der Waals surface area contributed by atoms with E-state index in [-0.39, 0.29) is 0 Å². The van der Waals surface area contributed by atoms with E-state index in [4.69, 9.17) is 9.72 Å². The Bertz CT molecular complexity index is 1370. The average Bonchev–Trinajstić information content (AvgIpc) is 3.37. The number of fused-ring (bicyclic) bond motifs is 2. The predicted molar refractivity (Wildman–Crippen MR) is 139 cm³/mol. The normalized spacial score (nSPS) is 16.9. The fourth-order valence-electron chi connectivity index (χ4n) is 4.89. The molecule has 0 radical (unpaired) electrons. The quantitative estimate of drug-likeness (QED) is 0.402. The van der Waals surface area contributed by atoms with E-state index in [1.54, 1.807) is 6.20 Å². The van der Waals surface area contributed by atoms with Crippen LogP contribution in [0.4, 0.5) is 22.9 Å². The summed E-state index contributed by atoms with van der Waals surface area (Å²) in [5, 5.41) is 17.1. The van der Waals surface area contributed by atoms with E-state index in [0.717, 1.165) is 72.2 Å². The van der Waals surface area contributed by atoms with Gasteiger partial charge in [-0.25, -0.2) is 9.97 Å². The zero-order chi connectivity index (χ0) is 24.0. The van der Waals surface area contributed by atoms with Crippen LogP contribution < -0.4 is 20.3 Å². The molecule has 0 spiro atoms. The smallest absolute Gasteiger partial charge is 0.180 e. The molecule has 0 unspecified atom stereocenters. The topological polar surface area (TPSA) is 87.0 Å². The standard InChI is InChI=1S/C27H30N6O2/c1-18-24(19-3-8-23-22(17-19)28-12-16-35-23)31-25(26-29-11-15-33(18)26)30-20-4-6-21(7-5-20)32-13-9-27(2,34)10-14-32/h3-8,11,15,17,28,34H,9-10,12-14,16H2,1-2H3,(H,30,31). The highest BCUT2D eigenvalue weighted by molar-refractivity contribution is 5.78. The van der Waals surface area contributed by atoms with Gasteiger partial charge in [0.25, 0.3) is 0 Å². The number of anilines is 4. The van der Waals surface area contributed by atoms with Crippen molar-refractivity contribution in [3.05, 3.63) is 60.6 Å². The van der Waals surface area contributed by atoms with E-state index in [9.17, 15) is 5.11 Å². The van der Waals surface area contributed by atoms with E-state index in [0.29, 0.717) is 12.4 Å². The van der Waals surface area contributed by atoms with Crippen molar-refractivity contribution in [2.75, 3.05) is 41.8 Å². The summed E-state index contributed by atoms with van der Waals surface area (Å²) < 4.78 is 7.81. The minimum atomic E-state index is -0.552. The van der Waals surface area contributed by atoms with Gasteiger partial charge >= 0.3 is 0 Å². The number of hydrogen-bond acceptors (Lipinski definition) is 7. The zero-order valence-corrected chi connectivity index (χ0v) is 20.1. The molecule has 0 atom stereocenters. The summed E-state index contributed by atoms with van der Waals surface area (Å²) in [6.07, 6.45) is 5.33. The molecular weight excluding hydrogens is 440 g/mol. The van der Waals surface area contributed by atoms with Crippen molar-refractivity contribution in [3.63, 3.8) is 0 Å². The van der Waals surface area contributed by atoms with Gasteiger partial charge in [-0.1, -0.05) is 0 Å². The van der Waals surface area contributed by atoms with E-state index in [1.807, 2.05) is 19.2 Å². The van der Waals surface area contributed by atoms with Crippen LogP contribution in [0.2, 0.25) is 0 Å². The molecule has 0 amide bonds. The number of aliphatic hydroxyl groups is 1. The lowest BCUT2D eigenvalue weighted by Gasteiger charge is -2.37. The van der Waals surface area contributed by atoms with Crippen molar-refractivity contribution in [1.29, 1.82) is 0 Å². The Morgan fingerprint density at radius 1 is 1.11 bits per heavy atom. The highest BCUT2D eigenvalue weighted by Crippen LogP contribution is 2.35. The largest absolute Gasteiger partial charge is 0.490 e. The second-order valence-corrected chi connectivity index (χ2v) is 9.66. The summed E-state index contributed by atoms with van der Waals surface area (Å²) in [6, 6.07) is 14.5. The Labute approximate surface area is 204 Å². The summed E-state index contributed by atoms with van der Waals surface area (Å²) in [4.78, 5) is 11.9. The van der Waals surface area contributed by atoms with Crippen molar-refractivity contribution in [3.8, 4) is 17.0 Å². The van der Waals surface area contributed by atoms with Crippen LogP contribution in [0.1, 0.15) is 25.5 Å². The molecule has 8 nitrogen and oxygen atoms in total. The number of ether oxygens (including phenoxy) is 1. The maximum Gasteiger partial charge on any atom is 0.180 e. The first-order chi connectivity index (χ1) is 17.0. The maximum absolute atomic E-state index is 10.2. The molecule has 4 aromatic rings. The summed E-state index contributed by atoms with van der Waals surface area (Å²) >= 11 is 0. The molecule has 2 aliphatic heterocycles. The van der Waals surface area contributed by atoms with Crippen LogP contribution in [0.15, 0.2) is 54.9 Å². The van der Waals surface area contributed by atoms with Crippen LogP contribution in [0.3, 0.4) is 0 Å². The second-order valence-electron chi connectivity index (χ2n) is 9.66. The van der Waals surface area contributed by atoms with Crippen molar-refractivity contribution in [2.24, 2.45) is 0 Å². The second kappa shape index (κ2) is 8.46. The average molecular weight is 471 g/mol. The molecule has 2 aromatic heterocycles. The summed E-state index contributed by atoms with van der Waals surface area (Å²) in [6.45, 7) is 7.18. The molecule has 1 fully saturated rings. The maximum atomic E-state index is 10.2. The lowest BCUT2D eigenvalue weighted by Crippen LogP contribution is -2.42. The van der Waals surface area contributed by atoms with Gasteiger partial charge in [0.2, 0.25) is 0 Å². The number of aryl methyl sites for hydroxylation is 1. The molecule has 0 bridgehead atoms. The van der Waals surface area contributed by atoms with Crippen molar-refractivity contribution < 1.29 is 9.84 Å². The molecule has 180 valence electrons. The third-order valence-corrected chi connectivity index (χ3v) is 7.04. The van der Waals surface area contributed by atoms with Gasteiger partial charge < -0.3 is 25.4 Å². The number of rotatable bonds is 4. The first-order valence-electron chi connectivity index (χ1n) is 12.2. The first kappa shape index (κ1) is 21.7. The van der Waals surface area contributed by atoms with Crippen molar-refractivity contribution >= 4 is 28.5 Å². The van der Waals surface area contributed by atoms with Crippen LogP contribution >= 0.6 is 0 Å². The summed E-state index contributed by atoms with van der Waals surface area (Å²) in [5.41, 5.74) is 6.28. The molecule has 3 N–H and O–H groups in total. The van der Waals surface area contributed by atoms with Gasteiger partial charge in [0.15, 0.2) is 11.5 Å². The molecule has 6 rings (SSSR count). The minimum Gasteiger partial charge on any atom is -0.490 e. The fourth-order valence-corrected chi connectivity index (χ4v) is 4.89. The molecular formula is C27H30N6O2. The number of piperidine rings is 1. The molecule has 35 heavy (non-hydrogen) atoms. The number of benzene rings is 2. The number of aromatic nitrogens is 3. The van der Waals surface area contributed by atoms with Crippen LogP contribution in [0.5, 0.6) is 5.75 Å². The fraction of sp³-hybridized carbons (Fsp3) is 0.333. The van der Waals surface area contributed by atoms with Gasteiger partial charge in [-0.2, -0.15) is 0 Å². The lowest BCUT2D eigenvalue weighted by atomic mass is 9.93. The third-order valence-electron chi connectivity index (χ3n) is 7.04. The van der Waals surface area contributed by atoms with Gasteiger partial charge in [-0.15, -0.1) is 0 Å². The van der Waals surface area contributed by atoms with E-state index in [1.165, 1.54) is 5.69 Å². The van der Waals surface area contributed by atoms with E-state index >= 15 is 0 Å². The molecule has 1 saturated heterocycles. The Morgan fingerprint density at radius 3 is 2.71 bits per heavy atom. The van der Waals surface area contributed by atoms with Gasteiger partial charge in [-0.05, 0) is 69.2 Å². The Kier molecular flexibility index (Phi) is 5.25. The van der Waals surface area contributed by atoms with E-state index in [2.05, 4.69) is 68.2 Å². The van der Waals surface area contributed by atoms with Crippen molar-refractivity contribution in [1.82, 2.24) is 14.4 Å². The Hall–Kier alpha value is -3.78. The van der Waals surface area contributed by atoms with E-state index < -0.39 is 5.60 Å². The number of imidazole rings is 1. The lowest BCUT2D eigenvalue weighted by molar-refractivity contribution is 0.0351. The highest BCUT2D eigenvalue weighted by atomic mass is 16.5. The van der Waals surface area contributed by atoms with Gasteiger partial charge in [-0.3, -0.25) is 4.40 Å². The van der Waals surface area contributed by atoms with Crippen LogP contribution in [0.25, 0.3) is 16.9 Å². The number of hydrogen-bond donors (Lipinski definition) is 3. The number of nitrogens with zero attached hydrogens (tertiary/aromatic N) is 4. The highest BCUT2D eigenvalue weighted by Gasteiger charge is 2.27. The Morgan fingerprint density at radius 2 is 1.91 bits per heavy atom. The van der Waals surface area contributed by atoms with Crippen LogP contribution in [0, 0.1) is 6.92 Å². The minimum absolute atomic E-state index is 0.552. The molecule has 0 saturated carbocycles. The van der Waals surface area contributed by atoms with Gasteiger partial charge in [0, 0.05) is 54.7 Å².